The van der Waals surface area contributed by atoms with E-state index < -0.39 is 12.1 Å². The van der Waals surface area contributed by atoms with Gasteiger partial charge >= 0.3 is 5.97 Å². The number of rotatable bonds is 3. The van der Waals surface area contributed by atoms with E-state index in [9.17, 15) is 9.59 Å². The number of amides is 1. The van der Waals surface area contributed by atoms with Gasteiger partial charge in [-0.2, -0.15) is 0 Å². The topological polar surface area (TPSA) is 72.6 Å². The molecule has 2 aliphatic heterocycles. The molecule has 1 saturated carbocycles. The van der Waals surface area contributed by atoms with Crippen LogP contribution in [-0.4, -0.2) is 39.0 Å². The molecule has 0 aromatic heterocycles. The summed E-state index contributed by atoms with van der Waals surface area (Å²) < 4.78 is 5.36. The van der Waals surface area contributed by atoms with Crippen molar-refractivity contribution in [2.45, 2.75) is 54.5 Å². The molecule has 0 bridgehead atoms. The van der Waals surface area contributed by atoms with E-state index in [1.54, 1.807) is 16.7 Å². The van der Waals surface area contributed by atoms with E-state index >= 15 is 0 Å². The monoisotopic (exact) mass is 332 g/mol. The molecule has 23 heavy (non-hydrogen) atoms. The van der Waals surface area contributed by atoms with Crippen molar-refractivity contribution < 1.29 is 14.3 Å². The van der Waals surface area contributed by atoms with Gasteiger partial charge in [0, 0.05) is 4.75 Å². The van der Waals surface area contributed by atoms with Crippen molar-refractivity contribution in [3.63, 3.8) is 0 Å². The number of benzene rings is 1. The minimum atomic E-state index is -0.476. The summed E-state index contributed by atoms with van der Waals surface area (Å²) in [6.07, 6.45) is 4.10. The van der Waals surface area contributed by atoms with Gasteiger partial charge in [0.2, 0.25) is 5.91 Å². The molecule has 3 fully saturated rings. The highest BCUT2D eigenvalue weighted by Crippen LogP contribution is 2.57. The van der Waals surface area contributed by atoms with Crippen molar-refractivity contribution in [1.29, 1.82) is 0 Å². The van der Waals surface area contributed by atoms with Gasteiger partial charge in [-0.15, -0.1) is 11.8 Å². The Kier molecular flexibility index (Phi) is 3.61. The first-order valence-corrected chi connectivity index (χ1v) is 8.96. The smallest absolute Gasteiger partial charge is 0.330 e. The Morgan fingerprint density at radius 1 is 1.30 bits per heavy atom. The van der Waals surface area contributed by atoms with Gasteiger partial charge in [0.25, 0.3) is 0 Å². The average Bonchev–Trinajstić information content (AvgIpc) is 3.17. The van der Waals surface area contributed by atoms with Crippen LogP contribution in [0.1, 0.15) is 31.2 Å². The highest BCUT2D eigenvalue weighted by molar-refractivity contribution is 8.01. The summed E-state index contributed by atoms with van der Waals surface area (Å²) in [6, 6.07) is 8.67. The molecular weight excluding hydrogens is 312 g/mol. The molecule has 6 heteroatoms. The lowest BCUT2D eigenvalue weighted by atomic mass is 9.92. The number of carbonyl (C=O) groups excluding carboxylic acids is 2. The molecule has 1 aromatic carbocycles. The van der Waals surface area contributed by atoms with Crippen molar-refractivity contribution in [3.05, 3.63) is 35.9 Å². The Labute approximate surface area is 139 Å². The molecule has 1 aliphatic carbocycles. The standard InChI is InChI=1S/C17H20N2O3S/c18-12-14(20)19-13(17(23-15(12)19)8-4-5-9-17)16(21)22-10-11-6-2-1-3-7-11/h1-3,6-7,12-13,15H,4-5,8-10,18H2/t12?,13?,15-/m1/s1. The maximum absolute atomic E-state index is 12.8. The molecule has 2 N–H and O–H groups in total. The first kappa shape index (κ1) is 15.0. The third-order valence-electron chi connectivity index (χ3n) is 5.15. The van der Waals surface area contributed by atoms with Gasteiger partial charge in [-0.25, -0.2) is 4.79 Å². The first-order chi connectivity index (χ1) is 11.1. The Hall–Kier alpha value is -1.53. The van der Waals surface area contributed by atoms with Crippen molar-refractivity contribution in [2.24, 2.45) is 5.73 Å². The van der Waals surface area contributed by atoms with Crippen LogP contribution in [0, 0.1) is 0 Å². The number of fused-ring (bicyclic) bond motifs is 1. The van der Waals surface area contributed by atoms with Gasteiger partial charge in [0.1, 0.15) is 24.1 Å². The Bertz CT molecular complexity index is 630. The van der Waals surface area contributed by atoms with E-state index in [0.29, 0.717) is 0 Å². The molecule has 0 radical (unpaired) electrons. The second-order valence-electron chi connectivity index (χ2n) is 6.55. The molecule has 2 heterocycles. The van der Waals surface area contributed by atoms with Crippen LogP contribution in [0.4, 0.5) is 0 Å². The quantitative estimate of drug-likeness (QED) is 0.673. The lowest BCUT2D eigenvalue weighted by Crippen LogP contribution is -2.69. The highest BCUT2D eigenvalue weighted by Gasteiger charge is 2.66. The minimum absolute atomic E-state index is 0.0603. The van der Waals surface area contributed by atoms with Crippen LogP contribution in [0.2, 0.25) is 0 Å². The third kappa shape index (κ3) is 2.27. The Morgan fingerprint density at radius 2 is 2.00 bits per heavy atom. The Balaban J connectivity index is 1.53. The molecule has 5 nitrogen and oxygen atoms in total. The van der Waals surface area contributed by atoms with E-state index in [4.69, 9.17) is 10.5 Å². The van der Waals surface area contributed by atoms with Crippen molar-refractivity contribution in [3.8, 4) is 0 Å². The van der Waals surface area contributed by atoms with Crippen molar-refractivity contribution in [2.75, 3.05) is 0 Å². The number of β-lactam (4-membered cyclic amide) rings is 1. The number of esters is 1. The van der Waals surface area contributed by atoms with Crippen LogP contribution < -0.4 is 5.73 Å². The number of ether oxygens (including phenoxy) is 1. The molecule has 122 valence electrons. The molecule has 1 amide bonds. The molecule has 3 atom stereocenters. The van der Waals surface area contributed by atoms with Gasteiger partial charge in [-0.05, 0) is 18.4 Å². The molecular formula is C17H20N2O3S. The highest BCUT2D eigenvalue weighted by atomic mass is 32.2. The molecule has 4 rings (SSSR count). The normalized spacial score (nSPS) is 31.1. The van der Waals surface area contributed by atoms with E-state index in [1.165, 1.54) is 0 Å². The molecule has 3 aliphatic rings. The summed E-state index contributed by atoms with van der Waals surface area (Å²) in [5.41, 5.74) is 6.88. The summed E-state index contributed by atoms with van der Waals surface area (Å²) in [5, 5.41) is -0.0603. The minimum Gasteiger partial charge on any atom is -0.459 e. The maximum atomic E-state index is 12.8. The number of hydrogen-bond acceptors (Lipinski definition) is 5. The van der Waals surface area contributed by atoms with E-state index in [-0.39, 0.29) is 28.6 Å². The van der Waals surface area contributed by atoms with Crippen LogP contribution in [0.15, 0.2) is 30.3 Å². The second-order valence-corrected chi connectivity index (χ2v) is 8.08. The van der Waals surface area contributed by atoms with Crippen LogP contribution in [0.3, 0.4) is 0 Å². The van der Waals surface area contributed by atoms with E-state index in [0.717, 1.165) is 31.2 Å². The fourth-order valence-electron chi connectivity index (χ4n) is 3.97. The van der Waals surface area contributed by atoms with Crippen LogP contribution in [0.5, 0.6) is 0 Å². The van der Waals surface area contributed by atoms with Gasteiger partial charge in [0.05, 0.1) is 0 Å². The molecule has 2 unspecified atom stereocenters. The molecule has 1 aromatic rings. The van der Waals surface area contributed by atoms with E-state index in [2.05, 4.69) is 0 Å². The third-order valence-corrected chi connectivity index (χ3v) is 7.01. The van der Waals surface area contributed by atoms with E-state index in [1.807, 2.05) is 30.3 Å². The summed E-state index contributed by atoms with van der Waals surface area (Å²) in [4.78, 5) is 26.6. The predicted octanol–water partition coefficient (Wildman–Crippen LogP) is 1.65. The van der Waals surface area contributed by atoms with Crippen LogP contribution >= 0.6 is 11.8 Å². The largest absolute Gasteiger partial charge is 0.459 e. The number of carbonyl (C=O) groups is 2. The predicted molar refractivity (Wildman–Crippen MR) is 87.4 cm³/mol. The number of thioether (sulfide) groups is 1. The van der Waals surface area contributed by atoms with Crippen molar-refractivity contribution >= 4 is 23.6 Å². The van der Waals surface area contributed by atoms with Gasteiger partial charge in [0.15, 0.2) is 0 Å². The van der Waals surface area contributed by atoms with Gasteiger partial charge < -0.3 is 15.4 Å². The zero-order valence-electron chi connectivity index (χ0n) is 12.8. The first-order valence-electron chi connectivity index (χ1n) is 8.08. The fraction of sp³-hybridized carbons (Fsp3) is 0.529. The van der Waals surface area contributed by atoms with Crippen molar-refractivity contribution in [1.82, 2.24) is 4.90 Å². The fourth-order valence-corrected chi connectivity index (χ4v) is 5.92. The Morgan fingerprint density at radius 3 is 2.70 bits per heavy atom. The van der Waals surface area contributed by atoms with Gasteiger partial charge in [-0.1, -0.05) is 43.2 Å². The molecule has 2 saturated heterocycles. The lowest BCUT2D eigenvalue weighted by Gasteiger charge is -2.42. The summed E-state index contributed by atoms with van der Waals surface area (Å²) in [6.45, 7) is 0.246. The number of nitrogens with two attached hydrogens (primary N) is 1. The number of hydrogen-bond donors (Lipinski definition) is 1. The maximum Gasteiger partial charge on any atom is 0.330 e. The number of nitrogens with zero attached hydrogens (tertiary/aromatic N) is 1. The summed E-state index contributed by atoms with van der Waals surface area (Å²) >= 11 is 1.72. The lowest BCUT2D eigenvalue weighted by molar-refractivity contribution is -0.164. The summed E-state index contributed by atoms with van der Waals surface area (Å²) in [7, 11) is 0. The zero-order valence-corrected chi connectivity index (χ0v) is 13.6. The van der Waals surface area contributed by atoms with Crippen LogP contribution in [0.25, 0.3) is 0 Å². The van der Waals surface area contributed by atoms with Gasteiger partial charge in [-0.3, -0.25) is 4.79 Å². The second kappa shape index (κ2) is 5.53. The molecule has 1 spiro atoms. The zero-order chi connectivity index (χ0) is 16.0. The SMILES string of the molecule is NC1C(=O)N2C(C(=O)OCc3ccccc3)C3(CCCC3)S[C@H]12. The average molecular weight is 332 g/mol. The van der Waals surface area contributed by atoms with Crippen LogP contribution in [-0.2, 0) is 20.9 Å². The summed E-state index contributed by atoms with van der Waals surface area (Å²) in [5.74, 6) is -0.404.